The Hall–Kier alpha value is -0.330. The molecule has 1 rings (SSSR count). The van der Waals surface area contributed by atoms with Gasteiger partial charge in [-0.05, 0) is 13.5 Å². The lowest BCUT2D eigenvalue weighted by molar-refractivity contribution is 0.564. The lowest BCUT2D eigenvalue weighted by atomic mass is 10.2. The molecule has 1 unspecified atom stereocenters. The number of hydrogen-bond donors (Lipinski definition) is 1. The zero-order valence-corrected chi connectivity index (χ0v) is 12.0. The smallest absolute Gasteiger partial charge is 0.208 e. The Morgan fingerprint density at radius 3 is 2.69 bits per heavy atom. The van der Waals surface area contributed by atoms with Crippen LogP contribution in [0.2, 0.25) is 0 Å². The zero-order chi connectivity index (χ0) is 12.0. The summed E-state index contributed by atoms with van der Waals surface area (Å²) in [5, 5.41) is 12.6. The van der Waals surface area contributed by atoms with E-state index in [2.05, 4.69) is 22.4 Å². The Kier molecular flexibility index (Phi) is 6.08. The van der Waals surface area contributed by atoms with Crippen LogP contribution in [0, 0.1) is 0 Å². The number of nitrogens with zero attached hydrogens (tertiary/aromatic N) is 3. The van der Waals surface area contributed by atoms with Gasteiger partial charge < -0.3 is 10.2 Å². The number of hydrogen-bond acceptors (Lipinski definition) is 6. The van der Waals surface area contributed by atoms with Crippen molar-refractivity contribution in [1.82, 2.24) is 15.5 Å². The first-order chi connectivity index (χ1) is 7.67. The van der Waals surface area contributed by atoms with E-state index in [9.17, 15) is 0 Å². The zero-order valence-electron chi connectivity index (χ0n) is 10.4. The van der Waals surface area contributed by atoms with E-state index in [1.807, 2.05) is 26.0 Å². The third-order valence-electron chi connectivity index (χ3n) is 2.23. The molecule has 0 saturated carbocycles. The monoisotopic (exact) mass is 260 g/mol. The Morgan fingerprint density at radius 1 is 1.44 bits per heavy atom. The van der Waals surface area contributed by atoms with Crippen LogP contribution in [-0.4, -0.2) is 43.1 Å². The summed E-state index contributed by atoms with van der Waals surface area (Å²) >= 11 is 3.44. The van der Waals surface area contributed by atoms with Crippen molar-refractivity contribution in [2.45, 2.75) is 30.1 Å². The van der Waals surface area contributed by atoms with E-state index < -0.39 is 0 Å². The first-order valence-corrected chi connectivity index (χ1v) is 7.28. The molecule has 0 aromatic carbocycles. The molecule has 0 fully saturated rings. The van der Waals surface area contributed by atoms with Gasteiger partial charge in [-0.3, -0.25) is 0 Å². The second-order valence-electron chi connectivity index (χ2n) is 3.83. The normalized spacial score (nSPS) is 12.8. The first kappa shape index (κ1) is 13.7. The topological polar surface area (TPSA) is 41.1 Å². The maximum atomic E-state index is 4.17. The van der Waals surface area contributed by atoms with Crippen molar-refractivity contribution in [3.63, 3.8) is 0 Å². The Balaban J connectivity index is 2.41. The molecule has 0 bridgehead atoms. The van der Waals surface area contributed by atoms with E-state index in [0.717, 1.165) is 15.2 Å². The van der Waals surface area contributed by atoms with Crippen molar-refractivity contribution in [3.05, 3.63) is 0 Å². The van der Waals surface area contributed by atoms with Crippen molar-refractivity contribution in [3.8, 4) is 0 Å². The molecule has 6 heteroatoms. The van der Waals surface area contributed by atoms with Gasteiger partial charge in [0.1, 0.15) is 0 Å². The van der Waals surface area contributed by atoms with Crippen LogP contribution in [0.25, 0.3) is 0 Å². The summed E-state index contributed by atoms with van der Waals surface area (Å²) < 4.78 is 1.06. The molecular weight excluding hydrogens is 240 g/mol. The third kappa shape index (κ3) is 4.27. The maximum absolute atomic E-state index is 4.17. The fraction of sp³-hybridized carbons (Fsp3) is 0.800. The molecule has 1 N–H and O–H groups in total. The van der Waals surface area contributed by atoms with Crippen LogP contribution in [0.1, 0.15) is 19.8 Å². The average Bonchev–Trinajstić information content (AvgIpc) is 2.73. The van der Waals surface area contributed by atoms with E-state index in [-0.39, 0.29) is 0 Å². The summed E-state index contributed by atoms with van der Waals surface area (Å²) in [6.07, 6.45) is 2.42. The molecule has 4 nitrogen and oxygen atoms in total. The molecule has 92 valence electrons. The number of aromatic nitrogens is 2. The molecule has 1 heterocycles. The highest BCUT2D eigenvalue weighted by molar-refractivity contribution is 8.01. The van der Waals surface area contributed by atoms with Crippen LogP contribution in [0.5, 0.6) is 0 Å². The van der Waals surface area contributed by atoms with Gasteiger partial charge in [0.15, 0.2) is 4.34 Å². The van der Waals surface area contributed by atoms with Crippen molar-refractivity contribution in [2.24, 2.45) is 0 Å². The Labute approximate surface area is 106 Å². The average molecular weight is 260 g/mol. The van der Waals surface area contributed by atoms with Gasteiger partial charge in [-0.2, -0.15) is 0 Å². The lowest BCUT2D eigenvalue weighted by Gasteiger charge is -2.12. The summed E-state index contributed by atoms with van der Waals surface area (Å²) in [7, 11) is 6.00. The van der Waals surface area contributed by atoms with Gasteiger partial charge in [0.2, 0.25) is 5.13 Å². The Morgan fingerprint density at radius 2 is 2.19 bits per heavy atom. The van der Waals surface area contributed by atoms with E-state index >= 15 is 0 Å². The van der Waals surface area contributed by atoms with Crippen molar-refractivity contribution < 1.29 is 0 Å². The van der Waals surface area contributed by atoms with Gasteiger partial charge in [-0.1, -0.05) is 36.4 Å². The molecular formula is C10H20N4S2. The predicted octanol–water partition coefficient (Wildman–Crippen LogP) is 2.08. The van der Waals surface area contributed by atoms with E-state index in [4.69, 9.17) is 0 Å². The molecule has 0 radical (unpaired) electrons. The summed E-state index contributed by atoms with van der Waals surface area (Å²) in [5.41, 5.74) is 0. The minimum absolute atomic E-state index is 0.571. The van der Waals surface area contributed by atoms with Gasteiger partial charge >= 0.3 is 0 Å². The van der Waals surface area contributed by atoms with E-state index in [0.29, 0.717) is 6.04 Å². The minimum atomic E-state index is 0.571. The summed E-state index contributed by atoms with van der Waals surface area (Å²) in [6.45, 7) is 2.21. The van der Waals surface area contributed by atoms with Gasteiger partial charge in [0.25, 0.3) is 0 Å². The number of anilines is 1. The number of thioether (sulfide) groups is 1. The highest BCUT2D eigenvalue weighted by Gasteiger charge is 2.09. The van der Waals surface area contributed by atoms with Crippen molar-refractivity contribution in [1.29, 1.82) is 0 Å². The highest BCUT2D eigenvalue weighted by Crippen LogP contribution is 2.27. The van der Waals surface area contributed by atoms with E-state index in [1.54, 1.807) is 23.1 Å². The van der Waals surface area contributed by atoms with Gasteiger partial charge in [0.05, 0.1) is 0 Å². The lowest BCUT2D eigenvalue weighted by Crippen LogP contribution is -2.27. The summed E-state index contributed by atoms with van der Waals surface area (Å²) in [4.78, 5) is 1.99. The molecule has 0 aliphatic rings. The van der Waals surface area contributed by atoms with Crippen molar-refractivity contribution >= 4 is 28.2 Å². The quantitative estimate of drug-likeness (QED) is 0.760. The second kappa shape index (κ2) is 7.09. The van der Waals surface area contributed by atoms with Crippen molar-refractivity contribution in [2.75, 3.05) is 31.8 Å². The predicted molar refractivity (Wildman–Crippen MR) is 72.7 cm³/mol. The number of nitrogens with one attached hydrogen (secondary N) is 1. The molecule has 0 amide bonds. The van der Waals surface area contributed by atoms with Crippen LogP contribution < -0.4 is 10.2 Å². The molecule has 16 heavy (non-hydrogen) atoms. The fourth-order valence-electron chi connectivity index (χ4n) is 1.27. The molecule has 0 spiro atoms. The molecule has 1 aromatic heterocycles. The molecule has 0 saturated heterocycles. The molecule has 0 aliphatic carbocycles. The molecule has 0 aliphatic heterocycles. The summed E-state index contributed by atoms with van der Waals surface area (Å²) in [5.74, 6) is 1.06. The SMILES string of the molecule is CCCC(CSc1nnc(N(C)C)s1)NC. The molecule has 1 aromatic rings. The maximum Gasteiger partial charge on any atom is 0.208 e. The van der Waals surface area contributed by atoms with E-state index in [1.165, 1.54) is 12.8 Å². The number of rotatable bonds is 7. The standard InChI is InChI=1S/C10H20N4S2/c1-5-6-8(11-2)7-15-10-13-12-9(16-10)14(3)4/h8,11H,5-7H2,1-4H3. The second-order valence-corrected chi connectivity index (χ2v) is 6.05. The van der Waals surface area contributed by atoms with Gasteiger partial charge in [-0.25, -0.2) is 0 Å². The van der Waals surface area contributed by atoms with Gasteiger partial charge in [-0.15, -0.1) is 10.2 Å². The largest absolute Gasteiger partial charge is 0.353 e. The van der Waals surface area contributed by atoms with Crippen LogP contribution in [0.15, 0.2) is 4.34 Å². The third-order valence-corrected chi connectivity index (χ3v) is 4.62. The van der Waals surface area contributed by atoms with Crippen LogP contribution in [0.3, 0.4) is 0 Å². The van der Waals surface area contributed by atoms with Crippen LogP contribution in [0.4, 0.5) is 5.13 Å². The van der Waals surface area contributed by atoms with Gasteiger partial charge in [0, 0.05) is 25.9 Å². The summed E-state index contributed by atoms with van der Waals surface area (Å²) in [6, 6.07) is 0.571. The Bertz CT molecular complexity index is 301. The fourth-order valence-corrected chi connectivity index (χ4v) is 3.21. The highest BCUT2D eigenvalue weighted by atomic mass is 32.2. The minimum Gasteiger partial charge on any atom is -0.353 e. The molecule has 1 atom stereocenters. The first-order valence-electron chi connectivity index (χ1n) is 5.48. The van der Waals surface area contributed by atoms with Crippen LogP contribution in [-0.2, 0) is 0 Å². The van der Waals surface area contributed by atoms with Crippen LogP contribution >= 0.6 is 23.1 Å².